The molecule has 1 aromatic heterocycles. The summed E-state index contributed by atoms with van der Waals surface area (Å²) in [6.45, 7) is 0. The van der Waals surface area contributed by atoms with E-state index in [0.29, 0.717) is 11.4 Å². The summed E-state index contributed by atoms with van der Waals surface area (Å²) < 4.78 is 2.24. The van der Waals surface area contributed by atoms with Gasteiger partial charge in [0.05, 0.1) is 16.3 Å². The van der Waals surface area contributed by atoms with Gasteiger partial charge in [0.15, 0.2) is 0 Å². The molecule has 4 heteroatoms. The Morgan fingerprint density at radius 1 is 1.43 bits per heavy atom. The van der Waals surface area contributed by atoms with Gasteiger partial charge in [0.25, 0.3) is 0 Å². The predicted octanol–water partition coefficient (Wildman–Crippen LogP) is 4.38. The third-order valence-electron chi connectivity index (χ3n) is 1.92. The molecule has 14 heavy (non-hydrogen) atoms. The first-order valence-corrected chi connectivity index (χ1v) is 5.94. The molecule has 1 nitrogen and oxygen atoms in total. The lowest BCUT2D eigenvalue weighted by Gasteiger charge is -1.98. The number of nitriles is 1. The van der Waals surface area contributed by atoms with Crippen molar-refractivity contribution in [3.05, 3.63) is 32.6 Å². The fraction of sp³-hybridized carbons (Fsp3) is 0.100. The van der Waals surface area contributed by atoms with Crippen LogP contribution in [0.5, 0.6) is 0 Å². The van der Waals surface area contributed by atoms with Gasteiger partial charge in [-0.1, -0.05) is 11.6 Å². The Hall–Kier alpha value is -0.560. The maximum atomic E-state index is 8.61. The molecule has 0 radical (unpaired) electrons. The molecule has 0 spiro atoms. The molecule has 2 aromatic rings. The van der Waals surface area contributed by atoms with Gasteiger partial charge in [-0.2, -0.15) is 5.26 Å². The van der Waals surface area contributed by atoms with Crippen molar-refractivity contribution in [1.29, 1.82) is 5.26 Å². The lowest BCUT2D eigenvalue weighted by atomic mass is 10.1. The van der Waals surface area contributed by atoms with Crippen molar-refractivity contribution >= 4 is 49.0 Å². The second-order valence-corrected chi connectivity index (χ2v) is 5.74. The molecule has 2 rings (SSSR count). The Morgan fingerprint density at radius 3 is 2.93 bits per heavy atom. The van der Waals surface area contributed by atoms with E-state index in [2.05, 4.69) is 22.0 Å². The molecule has 0 aliphatic carbocycles. The highest BCUT2D eigenvalue weighted by Crippen LogP contribution is 2.33. The van der Waals surface area contributed by atoms with Gasteiger partial charge in [0, 0.05) is 9.72 Å². The van der Waals surface area contributed by atoms with Gasteiger partial charge < -0.3 is 0 Å². The van der Waals surface area contributed by atoms with Crippen molar-refractivity contribution < 1.29 is 0 Å². The Bertz CT molecular complexity index is 527. The van der Waals surface area contributed by atoms with Gasteiger partial charge in [0.1, 0.15) is 0 Å². The highest BCUT2D eigenvalue weighted by molar-refractivity contribution is 9.11. The fourth-order valence-electron chi connectivity index (χ4n) is 1.29. The van der Waals surface area contributed by atoms with Crippen LogP contribution in [0.15, 0.2) is 22.0 Å². The molecule has 1 heterocycles. The molecule has 1 aromatic carbocycles. The van der Waals surface area contributed by atoms with Gasteiger partial charge in [-0.15, -0.1) is 11.3 Å². The minimum Gasteiger partial charge on any atom is -0.198 e. The van der Waals surface area contributed by atoms with Crippen LogP contribution < -0.4 is 0 Å². The maximum absolute atomic E-state index is 8.61. The summed E-state index contributed by atoms with van der Waals surface area (Å²) in [5.41, 5.74) is 0.899. The zero-order valence-electron chi connectivity index (χ0n) is 7.05. The van der Waals surface area contributed by atoms with E-state index >= 15 is 0 Å². The van der Waals surface area contributed by atoms with E-state index in [1.165, 1.54) is 0 Å². The van der Waals surface area contributed by atoms with E-state index in [9.17, 15) is 0 Å². The van der Waals surface area contributed by atoms with Crippen LogP contribution in [0.2, 0.25) is 5.02 Å². The van der Waals surface area contributed by atoms with E-state index < -0.39 is 0 Å². The summed E-state index contributed by atoms with van der Waals surface area (Å²) in [5.74, 6) is 0. The predicted molar refractivity (Wildman–Crippen MR) is 63.9 cm³/mol. The van der Waals surface area contributed by atoms with E-state index in [1.54, 1.807) is 11.3 Å². The van der Waals surface area contributed by atoms with Crippen molar-refractivity contribution in [3.63, 3.8) is 0 Å². The van der Waals surface area contributed by atoms with Gasteiger partial charge in [-0.25, -0.2) is 0 Å². The highest BCUT2D eigenvalue weighted by Gasteiger charge is 2.05. The maximum Gasteiger partial charge on any atom is 0.0711 e. The van der Waals surface area contributed by atoms with Gasteiger partial charge in [-0.3, -0.25) is 0 Å². The first kappa shape index (κ1) is 9.97. The monoisotopic (exact) mass is 285 g/mol. The number of benzene rings is 1. The molecule has 0 atom stereocenters. The van der Waals surface area contributed by atoms with Crippen molar-refractivity contribution in [2.24, 2.45) is 0 Å². The average molecular weight is 287 g/mol. The van der Waals surface area contributed by atoms with Crippen LogP contribution in [0.25, 0.3) is 10.1 Å². The van der Waals surface area contributed by atoms with Gasteiger partial charge >= 0.3 is 0 Å². The third kappa shape index (κ3) is 1.78. The summed E-state index contributed by atoms with van der Waals surface area (Å²) in [7, 11) is 0. The summed E-state index contributed by atoms with van der Waals surface area (Å²) in [5, 5.41) is 10.4. The highest BCUT2D eigenvalue weighted by atomic mass is 79.9. The van der Waals surface area contributed by atoms with Crippen LogP contribution in [0.3, 0.4) is 0 Å². The summed E-state index contributed by atoms with van der Waals surface area (Å²) >= 11 is 11.1. The van der Waals surface area contributed by atoms with E-state index in [0.717, 1.165) is 19.4 Å². The number of halogens is 2. The molecule has 0 saturated heterocycles. The van der Waals surface area contributed by atoms with Crippen LogP contribution in [0, 0.1) is 11.3 Å². The Labute approximate surface area is 99.0 Å². The molecular weight excluding hydrogens is 282 g/mol. The van der Waals surface area contributed by atoms with E-state index in [4.69, 9.17) is 16.9 Å². The van der Waals surface area contributed by atoms with Gasteiger partial charge in [0.2, 0.25) is 0 Å². The quantitative estimate of drug-likeness (QED) is 0.763. The zero-order chi connectivity index (χ0) is 10.1. The van der Waals surface area contributed by atoms with E-state index in [1.807, 2.05) is 18.2 Å². The smallest absolute Gasteiger partial charge is 0.0711 e. The Balaban J connectivity index is 2.65. The molecule has 70 valence electrons. The largest absolute Gasteiger partial charge is 0.198 e. The van der Waals surface area contributed by atoms with Crippen LogP contribution in [-0.4, -0.2) is 0 Å². The number of rotatable bonds is 1. The second-order valence-electron chi connectivity index (χ2n) is 2.87. The molecule has 0 aliphatic rings. The van der Waals surface area contributed by atoms with E-state index in [-0.39, 0.29) is 0 Å². The van der Waals surface area contributed by atoms with Crippen LogP contribution in [0.1, 0.15) is 5.56 Å². The zero-order valence-corrected chi connectivity index (χ0v) is 10.2. The van der Waals surface area contributed by atoms with Crippen molar-refractivity contribution in [2.75, 3.05) is 0 Å². The first-order chi connectivity index (χ1) is 6.70. The normalized spacial score (nSPS) is 10.4. The van der Waals surface area contributed by atoms with Crippen LogP contribution >= 0.6 is 38.9 Å². The molecule has 0 unspecified atom stereocenters. The lowest BCUT2D eigenvalue weighted by Crippen LogP contribution is -1.82. The molecule has 0 bridgehead atoms. The molecule has 0 N–H and O–H groups in total. The summed E-state index contributed by atoms with van der Waals surface area (Å²) in [6.07, 6.45) is 0.365. The third-order valence-corrected chi connectivity index (χ3v) is 3.88. The lowest BCUT2D eigenvalue weighted by molar-refractivity contribution is 1.27. The minimum atomic E-state index is 0.365. The standard InChI is InChI=1S/C10H5BrClNS/c11-10-5-7-3-8(12)6(1-2-13)4-9(7)14-10/h3-5H,1H2. The minimum absolute atomic E-state index is 0.365. The van der Waals surface area contributed by atoms with Crippen LogP contribution in [-0.2, 0) is 6.42 Å². The second kappa shape index (κ2) is 3.90. The van der Waals surface area contributed by atoms with Crippen LogP contribution in [0.4, 0.5) is 0 Å². The molecule has 0 fully saturated rings. The fourth-order valence-corrected chi connectivity index (χ4v) is 3.13. The van der Waals surface area contributed by atoms with Crippen molar-refractivity contribution in [1.82, 2.24) is 0 Å². The molecule has 0 aliphatic heterocycles. The molecule has 0 saturated carbocycles. The Morgan fingerprint density at radius 2 is 2.21 bits per heavy atom. The number of fused-ring (bicyclic) bond motifs is 1. The van der Waals surface area contributed by atoms with Gasteiger partial charge in [-0.05, 0) is 45.1 Å². The number of hydrogen-bond donors (Lipinski definition) is 0. The number of thiophene rings is 1. The molecule has 0 amide bonds. The topological polar surface area (TPSA) is 23.8 Å². The van der Waals surface area contributed by atoms with Crippen molar-refractivity contribution in [2.45, 2.75) is 6.42 Å². The van der Waals surface area contributed by atoms with Crippen molar-refractivity contribution in [3.8, 4) is 6.07 Å². The summed E-state index contributed by atoms with van der Waals surface area (Å²) in [6, 6.07) is 8.02. The average Bonchev–Trinajstić information content (AvgIpc) is 2.45. The molecular formula is C10H5BrClNS. The number of nitrogens with zero attached hydrogens (tertiary/aromatic N) is 1. The summed E-state index contributed by atoms with van der Waals surface area (Å²) in [4.78, 5) is 0. The first-order valence-electron chi connectivity index (χ1n) is 3.95. The Kier molecular flexibility index (Phi) is 2.78. The number of hydrogen-bond acceptors (Lipinski definition) is 2. The SMILES string of the molecule is N#CCc1cc2sc(Br)cc2cc1Cl.